The van der Waals surface area contributed by atoms with Gasteiger partial charge in [-0.1, -0.05) is 45.0 Å². The third-order valence-electron chi connectivity index (χ3n) is 7.50. The molecule has 1 saturated heterocycles. The number of H-pyrrole nitrogens is 1. The molecule has 1 aliphatic rings. The van der Waals surface area contributed by atoms with E-state index in [9.17, 15) is 13.2 Å². The summed E-state index contributed by atoms with van der Waals surface area (Å²) in [5.74, 6) is -0.638. The molecule has 0 aliphatic carbocycles. The molecule has 3 aromatic carbocycles. The van der Waals surface area contributed by atoms with Crippen LogP contribution in [0.1, 0.15) is 26.3 Å². The lowest BCUT2D eigenvalue weighted by Crippen LogP contribution is -2.41. The lowest BCUT2D eigenvalue weighted by Gasteiger charge is -2.26. The Kier molecular flexibility index (Phi) is 9.14. The second-order valence-corrected chi connectivity index (χ2v) is 13.2. The number of rotatable bonds is 9. The molecular weight excluding hydrogens is 587 g/mol. The molecule has 0 spiro atoms. The van der Waals surface area contributed by atoms with Crippen molar-refractivity contribution in [2.24, 2.45) is 0 Å². The SMILES string of the molecule is COc1cccc(-c2c(OC(=O)NCCN3CCOCC3)[nH]c3ccc(NS(=O)(=O)c4ccc(C(C)(C)C)cc4)cc23)c1F. The van der Waals surface area contributed by atoms with Gasteiger partial charge in [0, 0.05) is 48.3 Å². The number of hydrogen-bond acceptors (Lipinski definition) is 7. The number of aromatic nitrogens is 1. The van der Waals surface area contributed by atoms with E-state index in [1.165, 1.54) is 19.2 Å². The zero-order chi connectivity index (χ0) is 31.5. The Hall–Kier alpha value is -4.13. The summed E-state index contributed by atoms with van der Waals surface area (Å²) in [4.78, 5) is 18.1. The third-order valence-corrected chi connectivity index (χ3v) is 8.89. The van der Waals surface area contributed by atoms with Crippen LogP contribution in [0.15, 0.2) is 65.6 Å². The lowest BCUT2D eigenvalue weighted by atomic mass is 9.87. The van der Waals surface area contributed by atoms with Gasteiger partial charge in [-0.2, -0.15) is 0 Å². The highest BCUT2D eigenvalue weighted by Gasteiger charge is 2.24. The van der Waals surface area contributed by atoms with Crippen molar-refractivity contribution in [3.8, 4) is 22.8 Å². The maximum atomic E-state index is 15.6. The summed E-state index contributed by atoms with van der Waals surface area (Å²) < 4.78 is 60.9. The molecule has 12 heteroatoms. The van der Waals surface area contributed by atoms with E-state index in [1.807, 2.05) is 0 Å². The van der Waals surface area contributed by atoms with Crippen LogP contribution >= 0.6 is 0 Å². The van der Waals surface area contributed by atoms with E-state index in [1.54, 1.807) is 48.5 Å². The Morgan fingerprint density at radius 3 is 2.48 bits per heavy atom. The van der Waals surface area contributed by atoms with Crippen LogP contribution in [0.25, 0.3) is 22.0 Å². The number of fused-ring (bicyclic) bond motifs is 1. The van der Waals surface area contributed by atoms with Crippen molar-refractivity contribution in [3.63, 3.8) is 0 Å². The van der Waals surface area contributed by atoms with Gasteiger partial charge in [0.25, 0.3) is 10.0 Å². The van der Waals surface area contributed by atoms with Crippen molar-refractivity contribution in [2.75, 3.05) is 51.2 Å². The number of benzene rings is 3. The molecule has 0 radical (unpaired) electrons. The second-order valence-electron chi connectivity index (χ2n) is 11.6. The number of ether oxygens (including phenoxy) is 3. The number of sulfonamides is 1. The van der Waals surface area contributed by atoms with Gasteiger partial charge in [0.05, 0.1) is 30.8 Å². The molecule has 1 fully saturated rings. The quantitative estimate of drug-likeness (QED) is 0.225. The molecule has 3 N–H and O–H groups in total. The average molecular weight is 625 g/mol. The molecule has 2 heterocycles. The van der Waals surface area contributed by atoms with Crippen LogP contribution in [-0.4, -0.2) is 70.9 Å². The van der Waals surface area contributed by atoms with Gasteiger partial charge < -0.3 is 24.5 Å². The third kappa shape index (κ3) is 6.98. The smallest absolute Gasteiger partial charge is 0.413 e. The first-order valence-electron chi connectivity index (χ1n) is 14.3. The molecule has 1 aromatic heterocycles. The van der Waals surface area contributed by atoms with E-state index in [4.69, 9.17) is 14.2 Å². The molecule has 0 bridgehead atoms. The van der Waals surface area contributed by atoms with Crippen molar-refractivity contribution < 1.29 is 31.8 Å². The summed E-state index contributed by atoms with van der Waals surface area (Å²) in [6, 6.07) is 16.2. The molecule has 0 atom stereocenters. The van der Waals surface area contributed by atoms with Crippen molar-refractivity contribution in [1.29, 1.82) is 0 Å². The molecule has 4 aromatic rings. The highest BCUT2D eigenvalue weighted by molar-refractivity contribution is 7.92. The number of halogens is 1. The molecule has 5 rings (SSSR count). The Morgan fingerprint density at radius 1 is 1.07 bits per heavy atom. The van der Waals surface area contributed by atoms with Gasteiger partial charge in [-0.15, -0.1) is 0 Å². The Labute approximate surface area is 256 Å². The average Bonchev–Trinajstić information content (AvgIpc) is 3.34. The van der Waals surface area contributed by atoms with Crippen LogP contribution in [0.5, 0.6) is 11.6 Å². The molecule has 0 saturated carbocycles. The van der Waals surface area contributed by atoms with Gasteiger partial charge >= 0.3 is 6.09 Å². The van der Waals surface area contributed by atoms with Crippen LogP contribution in [-0.2, 0) is 20.2 Å². The van der Waals surface area contributed by atoms with E-state index in [0.29, 0.717) is 37.2 Å². The fourth-order valence-corrected chi connectivity index (χ4v) is 6.10. The number of morpholine rings is 1. The molecule has 1 amide bonds. The minimum absolute atomic E-state index is 0.00771. The first kappa shape index (κ1) is 31.3. The summed E-state index contributed by atoms with van der Waals surface area (Å²) in [7, 11) is -2.58. The van der Waals surface area contributed by atoms with Gasteiger partial charge in [-0.05, 0) is 47.4 Å². The van der Waals surface area contributed by atoms with Crippen molar-refractivity contribution >= 4 is 32.7 Å². The first-order chi connectivity index (χ1) is 21.0. The van der Waals surface area contributed by atoms with Gasteiger partial charge in [0.1, 0.15) is 0 Å². The van der Waals surface area contributed by atoms with Crippen LogP contribution in [0.3, 0.4) is 0 Å². The highest BCUT2D eigenvalue weighted by atomic mass is 32.2. The summed E-state index contributed by atoms with van der Waals surface area (Å²) in [6.45, 7) is 10.0. The Bertz CT molecular complexity index is 1740. The normalized spacial score (nSPS) is 14.4. The van der Waals surface area contributed by atoms with Gasteiger partial charge in [0.15, 0.2) is 11.6 Å². The fraction of sp³-hybridized carbons (Fsp3) is 0.344. The maximum absolute atomic E-state index is 15.6. The summed E-state index contributed by atoms with van der Waals surface area (Å²) >= 11 is 0. The number of nitrogens with one attached hydrogen (secondary N) is 3. The topological polar surface area (TPSA) is 122 Å². The van der Waals surface area contributed by atoms with Crippen LogP contribution in [0, 0.1) is 5.82 Å². The lowest BCUT2D eigenvalue weighted by molar-refractivity contribution is 0.0385. The maximum Gasteiger partial charge on any atom is 0.413 e. The number of anilines is 1. The first-order valence-corrected chi connectivity index (χ1v) is 15.8. The van der Waals surface area contributed by atoms with E-state index >= 15 is 4.39 Å². The zero-order valence-electron chi connectivity index (χ0n) is 25.2. The predicted octanol–water partition coefficient (Wildman–Crippen LogP) is 5.50. The molecule has 234 valence electrons. The summed E-state index contributed by atoms with van der Waals surface area (Å²) in [5.41, 5.74) is 2.01. The van der Waals surface area contributed by atoms with Crippen molar-refractivity contribution in [1.82, 2.24) is 15.2 Å². The Balaban J connectivity index is 1.45. The number of carbonyl (C=O) groups excluding carboxylic acids is 1. The van der Waals surface area contributed by atoms with Gasteiger partial charge in [-0.25, -0.2) is 17.6 Å². The van der Waals surface area contributed by atoms with E-state index < -0.39 is 21.9 Å². The van der Waals surface area contributed by atoms with Gasteiger partial charge in [-0.3, -0.25) is 9.62 Å². The van der Waals surface area contributed by atoms with Crippen molar-refractivity contribution in [2.45, 2.75) is 31.1 Å². The second kappa shape index (κ2) is 12.8. The van der Waals surface area contributed by atoms with Gasteiger partial charge in [0.2, 0.25) is 5.88 Å². The monoisotopic (exact) mass is 624 g/mol. The molecule has 1 aliphatic heterocycles. The zero-order valence-corrected chi connectivity index (χ0v) is 26.0. The van der Waals surface area contributed by atoms with Crippen LogP contribution in [0.4, 0.5) is 14.9 Å². The largest absolute Gasteiger partial charge is 0.494 e. The minimum Gasteiger partial charge on any atom is -0.494 e. The number of methoxy groups -OCH3 is 1. The minimum atomic E-state index is -3.93. The summed E-state index contributed by atoms with van der Waals surface area (Å²) in [6.07, 6.45) is -0.714. The predicted molar refractivity (Wildman–Crippen MR) is 167 cm³/mol. The fourth-order valence-electron chi connectivity index (χ4n) is 5.05. The molecule has 0 unspecified atom stereocenters. The molecular formula is C32H37FN4O6S. The standard InChI is InChI=1S/C32H37FN4O6S/c1-32(2,3)21-8-11-23(12-9-21)44(39,40)36-22-10-13-26-25(20-22)28(24-6-5-7-27(41-4)29(24)33)30(35-26)43-31(38)34-14-15-37-16-18-42-19-17-37/h5-13,20,35-36H,14-19H2,1-4H3,(H,34,38). The van der Waals surface area contributed by atoms with Crippen LogP contribution in [0.2, 0.25) is 0 Å². The number of hydrogen-bond donors (Lipinski definition) is 3. The van der Waals surface area contributed by atoms with E-state index in [2.05, 4.69) is 40.7 Å². The summed E-state index contributed by atoms with van der Waals surface area (Å²) in [5, 5.41) is 3.18. The highest BCUT2D eigenvalue weighted by Crippen LogP contribution is 2.41. The number of aromatic amines is 1. The van der Waals surface area contributed by atoms with E-state index in [0.717, 1.165) is 18.7 Å². The van der Waals surface area contributed by atoms with Crippen LogP contribution < -0.4 is 19.5 Å². The molecule has 44 heavy (non-hydrogen) atoms. The van der Waals surface area contributed by atoms with E-state index in [-0.39, 0.29) is 38.8 Å². The number of carbonyl (C=O) groups is 1. The Morgan fingerprint density at radius 2 is 1.80 bits per heavy atom. The number of nitrogens with zero attached hydrogens (tertiary/aromatic N) is 1. The molecule has 10 nitrogen and oxygen atoms in total. The number of amides is 1. The van der Waals surface area contributed by atoms with Crippen molar-refractivity contribution in [3.05, 3.63) is 72.0 Å².